The van der Waals surface area contributed by atoms with Crippen LogP contribution in [0.2, 0.25) is 0 Å². The fourth-order valence-electron chi connectivity index (χ4n) is 3.70. The number of halogens is 2. The van der Waals surface area contributed by atoms with Gasteiger partial charge < -0.3 is 19.6 Å². The number of ketones is 1. The van der Waals surface area contributed by atoms with E-state index >= 15 is 0 Å². The Morgan fingerprint density at radius 1 is 1.16 bits per heavy atom. The van der Waals surface area contributed by atoms with Gasteiger partial charge >= 0.3 is 0 Å². The number of hydrogen-bond donors (Lipinski definition) is 1. The zero-order valence-corrected chi connectivity index (χ0v) is 17.6. The molecule has 0 aromatic heterocycles. The van der Waals surface area contributed by atoms with Crippen LogP contribution in [0.4, 0.5) is 8.78 Å². The van der Waals surface area contributed by atoms with Gasteiger partial charge in [0, 0.05) is 12.1 Å². The molecule has 1 atom stereocenters. The molecule has 0 bridgehead atoms. The first-order valence-electron chi connectivity index (χ1n) is 9.77. The minimum Gasteiger partial charge on any atom is -0.507 e. The van der Waals surface area contributed by atoms with Crippen molar-refractivity contribution in [2.24, 2.45) is 0 Å². The van der Waals surface area contributed by atoms with E-state index in [1.807, 2.05) is 19.0 Å². The van der Waals surface area contributed by atoms with Gasteiger partial charge in [-0.15, -0.1) is 0 Å². The van der Waals surface area contributed by atoms with Gasteiger partial charge in [-0.1, -0.05) is 18.2 Å². The van der Waals surface area contributed by atoms with Crippen molar-refractivity contribution < 1.29 is 28.2 Å². The molecule has 31 heavy (non-hydrogen) atoms. The number of carbonyl (C=O) groups excluding carboxylic acids is 2. The lowest BCUT2D eigenvalue weighted by Gasteiger charge is -2.26. The van der Waals surface area contributed by atoms with Crippen molar-refractivity contribution in [3.63, 3.8) is 0 Å². The van der Waals surface area contributed by atoms with E-state index in [4.69, 9.17) is 4.74 Å². The van der Waals surface area contributed by atoms with Crippen LogP contribution in [0.3, 0.4) is 0 Å². The van der Waals surface area contributed by atoms with E-state index in [2.05, 4.69) is 0 Å². The first-order valence-corrected chi connectivity index (χ1v) is 9.77. The molecule has 1 heterocycles. The van der Waals surface area contributed by atoms with Gasteiger partial charge in [0.05, 0.1) is 24.3 Å². The topological polar surface area (TPSA) is 70.1 Å². The van der Waals surface area contributed by atoms with Gasteiger partial charge in [0.1, 0.15) is 23.1 Å². The smallest absolute Gasteiger partial charge is 0.295 e. The number of ether oxygens (including phenoxy) is 1. The number of rotatable bonds is 7. The average Bonchev–Trinajstić information content (AvgIpc) is 2.98. The number of aliphatic hydroxyl groups excluding tert-OH is 1. The number of hydrogen-bond acceptors (Lipinski definition) is 5. The molecule has 0 aliphatic carbocycles. The lowest BCUT2D eigenvalue weighted by atomic mass is 9.94. The first kappa shape index (κ1) is 22.4. The minimum atomic E-state index is -1.14. The van der Waals surface area contributed by atoms with E-state index in [0.717, 1.165) is 12.1 Å². The number of Topliss-reactive ketones (excluding diaryl/α,β-unsaturated/α-hetero) is 1. The van der Waals surface area contributed by atoms with Gasteiger partial charge in [-0.2, -0.15) is 0 Å². The summed E-state index contributed by atoms with van der Waals surface area (Å²) in [4.78, 5) is 28.9. The summed E-state index contributed by atoms with van der Waals surface area (Å²) in [6.45, 7) is 0.823. The predicted molar refractivity (Wildman–Crippen MR) is 112 cm³/mol. The van der Waals surface area contributed by atoms with Crippen molar-refractivity contribution in [1.82, 2.24) is 9.80 Å². The largest absolute Gasteiger partial charge is 0.507 e. The molecule has 1 aliphatic rings. The molecule has 0 spiro atoms. The second-order valence-corrected chi connectivity index (χ2v) is 7.52. The van der Waals surface area contributed by atoms with Crippen molar-refractivity contribution >= 4 is 17.4 Å². The number of likely N-dealkylation sites (tertiary alicyclic amines) is 1. The van der Waals surface area contributed by atoms with E-state index in [0.29, 0.717) is 13.0 Å². The Morgan fingerprint density at radius 2 is 1.87 bits per heavy atom. The Balaban J connectivity index is 2.18. The number of aliphatic hydroxyl groups is 1. The molecule has 8 heteroatoms. The highest BCUT2D eigenvalue weighted by Crippen LogP contribution is 2.41. The van der Waals surface area contributed by atoms with Gasteiger partial charge in [0.25, 0.3) is 11.7 Å². The molecule has 1 unspecified atom stereocenters. The standard InChI is InChI=1S/C23H24F2N2O4/c1-26(2)11-6-12-27-20(15-7-4-5-8-17(15)25)19(22(29)23(27)30)21(28)16-13-14(24)9-10-18(16)31-3/h4-5,7-10,13,20,28H,6,11-12H2,1-3H3/b21-19+. The molecule has 1 N–H and O–H groups in total. The van der Waals surface area contributed by atoms with E-state index in [9.17, 15) is 23.5 Å². The van der Waals surface area contributed by atoms with Crippen LogP contribution in [0.15, 0.2) is 48.0 Å². The van der Waals surface area contributed by atoms with Crippen molar-refractivity contribution in [3.05, 3.63) is 70.8 Å². The van der Waals surface area contributed by atoms with E-state index < -0.39 is 35.1 Å². The molecule has 2 aromatic rings. The number of amides is 1. The van der Waals surface area contributed by atoms with Gasteiger partial charge in [0.15, 0.2) is 0 Å². The zero-order chi connectivity index (χ0) is 22.7. The molecule has 1 aliphatic heterocycles. The molecule has 0 saturated carbocycles. The number of benzene rings is 2. The fraction of sp³-hybridized carbons (Fsp3) is 0.304. The normalized spacial score (nSPS) is 18.1. The summed E-state index contributed by atoms with van der Waals surface area (Å²) in [5.74, 6) is -3.58. The third-order valence-corrected chi connectivity index (χ3v) is 5.16. The molecular weight excluding hydrogens is 406 g/mol. The second-order valence-electron chi connectivity index (χ2n) is 7.52. The molecule has 1 saturated heterocycles. The molecule has 6 nitrogen and oxygen atoms in total. The highest BCUT2D eigenvalue weighted by Gasteiger charge is 2.47. The second kappa shape index (κ2) is 9.26. The highest BCUT2D eigenvalue weighted by molar-refractivity contribution is 6.46. The quantitative estimate of drug-likeness (QED) is 0.415. The molecule has 2 aromatic carbocycles. The van der Waals surface area contributed by atoms with E-state index in [-0.39, 0.29) is 29.0 Å². The number of carbonyl (C=O) groups is 2. The lowest BCUT2D eigenvalue weighted by Crippen LogP contribution is -2.32. The van der Waals surface area contributed by atoms with Crippen LogP contribution in [0.1, 0.15) is 23.6 Å². The van der Waals surface area contributed by atoms with Crippen LogP contribution in [0, 0.1) is 11.6 Å². The predicted octanol–water partition coefficient (Wildman–Crippen LogP) is 3.35. The Kier molecular flexibility index (Phi) is 6.70. The molecule has 1 amide bonds. The van der Waals surface area contributed by atoms with Gasteiger partial charge in [-0.05, 0) is 51.3 Å². The van der Waals surface area contributed by atoms with E-state index in [1.165, 1.54) is 36.3 Å². The lowest BCUT2D eigenvalue weighted by molar-refractivity contribution is -0.140. The fourth-order valence-corrected chi connectivity index (χ4v) is 3.70. The monoisotopic (exact) mass is 430 g/mol. The zero-order valence-electron chi connectivity index (χ0n) is 17.6. The van der Waals surface area contributed by atoms with Crippen LogP contribution in [0.25, 0.3) is 5.76 Å². The SMILES string of the molecule is COc1ccc(F)cc1/C(O)=C1\C(=O)C(=O)N(CCCN(C)C)C1c1ccccc1F. The maximum absolute atomic E-state index is 14.7. The van der Waals surface area contributed by atoms with Gasteiger partial charge in [-0.3, -0.25) is 9.59 Å². The van der Waals surface area contributed by atoms with Crippen molar-refractivity contribution in [2.45, 2.75) is 12.5 Å². The summed E-state index contributed by atoms with van der Waals surface area (Å²) in [5, 5.41) is 11.0. The highest BCUT2D eigenvalue weighted by atomic mass is 19.1. The number of nitrogens with zero attached hydrogens (tertiary/aromatic N) is 2. The summed E-state index contributed by atoms with van der Waals surface area (Å²) in [6, 6.07) is 8.06. The van der Waals surface area contributed by atoms with E-state index in [1.54, 1.807) is 6.07 Å². The van der Waals surface area contributed by atoms with Crippen molar-refractivity contribution in [2.75, 3.05) is 34.3 Å². The van der Waals surface area contributed by atoms with Crippen LogP contribution >= 0.6 is 0 Å². The Labute approximate surface area is 179 Å². The third kappa shape index (κ3) is 4.44. The minimum absolute atomic E-state index is 0.0727. The summed E-state index contributed by atoms with van der Waals surface area (Å²) in [7, 11) is 5.08. The van der Waals surface area contributed by atoms with Crippen LogP contribution in [-0.2, 0) is 9.59 Å². The van der Waals surface area contributed by atoms with Gasteiger partial charge in [0.2, 0.25) is 0 Å². The van der Waals surface area contributed by atoms with Crippen LogP contribution < -0.4 is 4.74 Å². The van der Waals surface area contributed by atoms with Crippen LogP contribution in [0.5, 0.6) is 5.75 Å². The Bertz CT molecular complexity index is 1040. The maximum atomic E-state index is 14.7. The molecule has 1 fully saturated rings. The average molecular weight is 430 g/mol. The Morgan fingerprint density at radius 3 is 2.52 bits per heavy atom. The van der Waals surface area contributed by atoms with Gasteiger partial charge in [-0.25, -0.2) is 8.78 Å². The van der Waals surface area contributed by atoms with Crippen molar-refractivity contribution in [1.29, 1.82) is 0 Å². The number of methoxy groups -OCH3 is 1. The summed E-state index contributed by atoms with van der Waals surface area (Å²) in [5.41, 5.74) is -0.317. The molecular formula is C23H24F2N2O4. The molecule has 0 radical (unpaired) electrons. The van der Waals surface area contributed by atoms with Crippen LogP contribution in [-0.4, -0.2) is 60.9 Å². The summed E-state index contributed by atoms with van der Waals surface area (Å²) >= 11 is 0. The summed E-state index contributed by atoms with van der Waals surface area (Å²) in [6.07, 6.45) is 0.536. The molecule has 3 rings (SSSR count). The van der Waals surface area contributed by atoms with Crippen molar-refractivity contribution in [3.8, 4) is 5.75 Å². The third-order valence-electron chi connectivity index (χ3n) is 5.16. The molecule has 164 valence electrons. The Hall–Kier alpha value is -3.26. The summed E-state index contributed by atoms with van der Waals surface area (Å²) < 4.78 is 33.8. The first-order chi connectivity index (χ1) is 14.8. The maximum Gasteiger partial charge on any atom is 0.295 e.